The fourth-order valence-corrected chi connectivity index (χ4v) is 3.31. The molecule has 0 bridgehead atoms. The molecule has 1 aromatic carbocycles. The van der Waals surface area contributed by atoms with Crippen LogP contribution in [-0.4, -0.2) is 54.4 Å². The highest BCUT2D eigenvalue weighted by Crippen LogP contribution is 2.09. The Bertz CT molecular complexity index is 759. The molecule has 1 aromatic heterocycles. The van der Waals surface area contributed by atoms with Gasteiger partial charge in [0.15, 0.2) is 0 Å². The minimum Gasteiger partial charge on any atom is -0.352 e. The van der Waals surface area contributed by atoms with Gasteiger partial charge in [-0.3, -0.25) is 14.6 Å². The summed E-state index contributed by atoms with van der Waals surface area (Å²) in [5.74, 6) is -0.0968. The number of nitrogens with zero attached hydrogens (tertiary/aromatic N) is 2. The van der Waals surface area contributed by atoms with Crippen molar-refractivity contribution in [3.63, 3.8) is 0 Å². The van der Waals surface area contributed by atoms with Crippen LogP contribution in [0.2, 0.25) is 5.02 Å². The molecule has 0 atom stereocenters. The number of rotatable bonds is 6. The molecule has 0 aliphatic carbocycles. The van der Waals surface area contributed by atoms with Crippen molar-refractivity contribution in [2.75, 3.05) is 32.7 Å². The van der Waals surface area contributed by atoms with E-state index in [1.165, 1.54) is 10.5 Å². The lowest BCUT2D eigenvalue weighted by molar-refractivity contribution is -0.917. The summed E-state index contributed by atoms with van der Waals surface area (Å²) in [5, 5.41) is 3.38. The average molecular weight is 388 g/mol. The number of pyridine rings is 1. The Kier molecular flexibility index (Phi) is 6.79. The Morgan fingerprint density at radius 2 is 1.74 bits per heavy atom. The Hall–Kier alpha value is -2.44. The number of carbonyl (C=O) groups excluding carboxylic acids is 2. The highest BCUT2D eigenvalue weighted by molar-refractivity contribution is 6.30. The van der Waals surface area contributed by atoms with Gasteiger partial charge in [-0.2, -0.15) is 0 Å². The Morgan fingerprint density at radius 3 is 2.41 bits per heavy atom. The van der Waals surface area contributed by atoms with Crippen molar-refractivity contribution in [1.29, 1.82) is 0 Å². The second kappa shape index (κ2) is 9.48. The smallest absolute Gasteiger partial charge is 0.251 e. The van der Waals surface area contributed by atoms with Crippen LogP contribution in [0, 0.1) is 0 Å². The Morgan fingerprint density at radius 1 is 1.07 bits per heavy atom. The third-order valence-electron chi connectivity index (χ3n) is 4.76. The number of amides is 2. The number of benzene rings is 1. The summed E-state index contributed by atoms with van der Waals surface area (Å²) >= 11 is 5.82. The minimum absolute atomic E-state index is 0.0920. The molecule has 1 saturated heterocycles. The molecule has 27 heavy (non-hydrogen) atoms. The van der Waals surface area contributed by atoms with E-state index in [0.29, 0.717) is 23.6 Å². The first-order valence-corrected chi connectivity index (χ1v) is 9.53. The number of hydrogen-bond donors (Lipinski definition) is 2. The van der Waals surface area contributed by atoms with E-state index in [0.717, 1.165) is 32.7 Å². The molecule has 3 rings (SSSR count). The number of aromatic nitrogens is 1. The maximum absolute atomic E-state index is 12.4. The van der Waals surface area contributed by atoms with Crippen LogP contribution >= 0.6 is 11.6 Å². The van der Waals surface area contributed by atoms with Crippen LogP contribution in [-0.2, 0) is 11.3 Å². The number of piperazine rings is 1. The summed E-state index contributed by atoms with van der Waals surface area (Å²) in [7, 11) is 0. The van der Waals surface area contributed by atoms with E-state index in [9.17, 15) is 9.59 Å². The van der Waals surface area contributed by atoms with Crippen LogP contribution in [0.1, 0.15) is 22.3 Å². The lowest BCUT2D eigenvalue weighted by Crippen LogP contribution is -3.13. The molecule has 142 valence electrons. The van der Waals surface area contributed by atoms with E-state index in [4.69, 9.17) is 11.6 Å². The molecule has 0 radical (unpaired) electrons. The summed E-state index contributed by atoms with van der Waals surface area (Å²) in [6.45, 7) is 4.68. The first kappa shape index (κ1) is 19.3. The quantitative estimate of drug-likeness (QED) is 0.770. The van der Waals surface area contributed by atoms with Crippen molar-refractivity contribution < 1.29 is 14.5 Å². The zero-order valence-corrected chi connectivity index (χ0v) is 15.9. The van der Waals surface area contributed by atoms with Gasteiger partial charge in [0.1, 0.15) is 6.54 Å². The summed E-state index contributed by atoms with van der Waals surface area (Å²) in [5.41, 5.74) is 1.81. The molecule has 2 amide bonds. The van der Waals surface area contributed by atoms with Crippen LogP contribution < -0.4 is 10.2 Å². The number of nitrogens with one attached hydrogen (secondary N) is 2. The lowest BCUT2D eigenvalue weighted by atomic mass is 10.2. The van der Waals surface area contributed by atoms with E-state index >= 15 is 0 Å². The number of hydrogen-bond acceptors (Lipinski definition) is 3. The minimum atomic E-state index is -0.189. The van der Waals surface area contributed by atoms with Crippen LogP contribution in [0.5, 0.6) is 0 Å². The summed E-state index contributed by atoms with van der Waals surface area (Å²) in [6.07, 6.45) is 3.94. The fraction of sp³-hybridized carbons (Fsp3) is 0.350. The molecule has 6 nitrogen and oxygen atoms in total. The van der Waals surface area contributed by atoms with Gasteiger partial charge >= 0.3 is 0 Å². The second-order valence-electron chi connectivity index (χ2n) is 6.68. The third-order valence-corrected chi connectivity index (χ3v) is 5.01. The first-order chi connectivity index (χ1) is 13.1. The van der Waals surface area contributed by atoms with Crippen molar-refractivity contribution in [3.8, 4) is 0 Å². The predicted octanol–water partition coefficient (Wildman–Crippen LogP) is 0.782. The summed E-state index contributed by atoms with van der Waals surface area (Å²) in [4.78, 5) is 31.8. The lowest BCUT2D eigenvalue weighted by Gasteiger charge is -2.32. The molecule has 0 unspecified atom stereocenters. The largest absolute Gasteiger partial charge is 0.352 e. The number of quaternary nitrogens is 1. The van der Waals surface area contributed by atoms with Crippen molar-refractivity contribution in [3.05, 3.63) is 64.9 Å². The predicted molar refractivity (Wildman–Crippen MR) is 104 cm³/mol. The van der Waals surface area contributed by atoms with Gasteiger partial charge < -0.3 is 15.1 Å². The van der Waals surface area contributed by atoms with Gasteiger partial charge in [0.2, 0.25) is 5.91 Å². The van der Waals surface area contributed by atoms with Crippen molar-refractivity contribution in [1.82, 2.24) is 15.2 Å². The molecule has 2 aromatic rings. The molecule has 2 N–H and O–H groups in total. The molecular weight excluding hydrogens is 364 g/mol. The van der Waals surface area contributed by atoms with Crippen molar-refractivity contribution in [2.24, 2.45) is 0 Å². The molecule has 2 heterocycles. The summed E-state index contributed by atoms with van der Waals surface area (Å²) < 4.78 is 0. The van der Waals surface area contributed by atoms with Crippen LogP contribution in [0.15, 0.2) is 48.8 Å². The normalized spacial score (nSPS) is 14.8. The maximum atomic E-state index is 12.4. The van der Waals surface area contributed by atoms with E-state index in [1.54, 1.807) is 24.3 Å². The molecule has 1 aliphatic rings. The van der Waals surface area contributed by atoms with E-state index in [1.807, 2.05) is 29.4 Å². The van der Waals surface area contributed by atoms with E-state index in [-0.39, 0.29) is 11.8 Å². The topological polar surface area (TPSA) is 66.7 Å². The standard InChI is InChI=1S/C20H23ClN4O2/c21-18-3-1-17(2-4-18)20(27)23-10-7-19(26)25-13-11-24(12-14-25)15-16-5-8-22-9-6-16/h1-6,8-9H,7,10-15H2,(H,23,27)/p+1. The molecule has 0 spiro atoms. The van der Waals surface area contributed by atoms with Crippen LogP contribution in [0.4, 0.5) is 0 Å². The Labute approximate surface area is 164 Å². The maximum Gasteiger partial charge on any atom is 0.251 e. The van der Waals surface area contributed by atoms with Crippen molar-refractivity contribution >= 4 is 23.4 Å². The van der Waals surface area contributed by atoms with Crippen LogP contribution in [0.25, 0.3) is 0 Å². The van der Waals surface area contributed by atoms with Gasteiger partial charge in [0.25, 0.3) is 5.91 Å². The highest BCUT2D eigenvalue weighted by Gasteiger charge is 2.23. The van der Waals surface area contributed by atoms with Gasteiger partial charge in [0.05, 0.1) is 26.2 Å². The van der Waals surface area contributed by atoms with Gasteiger partial charge in [0, 0.05) is 41.5 Å². The fourth-order valence-electron chi connectivity index (χ4n) is 3.18. The first-order valence-electron chi connectivity index (χ1n) is 9.16. The number of halogens is 1. The third kappa shape index (κ3) is 5.77. The SMILES string of the molecule is O=C(NCCC(=O)N1CC[NH+](Cc2ccncc2)CC1)c1ccc(Cl)cc1. The number of carbonyl (C=O) groups is 2. The van der Waals surface area contributed by atoms with Gasteiger partial charge in [-0.15, -0.1) is 0 Å². The zero-order chi connectivity index (χ0) is 19.1. The van der Waals surface area contributed by atoms with Gasteiger partial charge in [-0.1, -0.05) is 11.6 Å². The molecule has 0 saturated carbocycles. The highest BCUT2D eigenvalue weighted by atomic mass is 35.5. The van der Waals surface area contributed by atoms with Gasteiger partial charge in [-0.25, -0.2) is 0 Å². The molecule has 1 fully saturated rings. The molecule has 7 heteroatoms. The van der Waals surface area contributed by atoms with E-state index < -0.39 is 0 Å². The second-order valence-corrected chi connectivity index (χ2v) is 7.11. The van der Waals surface area contributed by atoms with E-state index in [2.05, 4.69) is 10.3 Å². The molecule has 1 aliphatic heterocycles. The van der Waals surface area contributed by atoms with Crippen LogP contribution in [0.3, 0.4) is 0 Å². The monoisotopic (exact) mass is 387 g/mol. The zero-order valence-electron chi connectivity index (χ0n) is 15.2. The molecular formula is C20H24ClN4O2+. The average Bonchev–Trinajstić information content (AvgIpc) is 2.69. The van der Waals surface area contributed by atoms with Crippen molar-refractivity contribution in [2.45, 2.75) is 13.0 Å². The summed E-state index contributed by atoms with van der Waals surface area (Å²) in [6, 6.07) is 10.8. The Balaban J connectivity index is 1.37. The van der Waals surface area contributed by atoms with Gasteiger partial charge in [-0.05, 0) is 36.4 Å².